The van der Waals surface area contributed by atoms with Crippen molar-refractivity contribution in [1.29, 1.82) is 0 Å². The lowest BCUT2D eigenvalue weighted by Gasteiger charge is -2.29. The average molecular weight is 443 g/mol. The lowest BCUT2D eigenvalue weighted by atomic mass is 10.0. The number of para-hydroxylation sites is 2. The maximum atomic E-state index is 12.9. The van der Waals surface area contributed by atoms with Gasteiger partial charge in [0.05, 0.1) is 4.91 Å². The highest BCUT2D eigenvalue weighted by Gasteiger charge is 2.34. The zero-order valence-electron chi connectivity index (χ0n) is 19.0. The van der Waals surface area contributed by atoms with E-state index in [1.165, 1.54) is 20.0 Å². The SMILES string of the molecule is CCC(C)(Oc1ccccc1Oc1ccc([N+](=O)OC)cc1)C(=O)NCCN1CCCC1. The molecule has 0 radical (unpaired) electrons. The highest BCUT2D eigenvalue weighted by Crippen LogP contribution is 2.35. The minimum atomic E-state index is -1.03. The highest BCUT2D eigenvalue weighted by atomic mass is 16.8. The predicted molar refractivity (Wildman–Crippen MR) is 121 cm³/mol. The van der Waals surface area contributed by atoms with E-state index in [1.54, 1.807) is 43.3 Å². The molecule has 1 amide bonds. The van der Waals surface area contributed by atoms with Gasteiger partial charge in [0.2, 0.25) is 0 Å². The van der Waals surface area contributed by atoms with Gasteiger partial charge in [-0.1, -0.05) is 19.1 Å². The summed E-state index contributed by atoms with van der Waals surface area (Å²) >= 11 is 0. The lowest BCUT2D eigenvalue weighted by molar-refractivity contribution is -0.736. The monoisotopic (exact) mass is 442 g/mol. The van der Waals surface area contributed by atoms with E-state index >= 15 is 0 Å². The summed E-state index contributed by atoms with van der Waals surface area (Å²) in [6.07, 6.45) is 2.96. The Labute approximate surface area is 189 Å². The second-order valence-electron chi connectivity index (χ2n) is 7.97. The van der Waals surface area contributed by atoms with Gasteiger partial charge in [0.15, 0.2) is 24.2 Å². The number of hydrogen-bond donors (Lipinski definition) is 1. The van der Waals surface area contributed by atoms with E-state index in [-0.39, 0.29) is 5.91 Å². The van der Waals surface area contributed by atoms with Gasteiger partial charge in [0, 0.05) is 25.2 Å². The minimum absolute atomic E-state index is 0.145. The van der Waals surface area contributed by atoms with Crippen LogP contribution < -0.4 is 14.8 Å². The number of carbonyl (C=O) groups is 1. The average Bonchev–Trinajstić information content (AvgIpc) is 3.33. The standard InChI is InChI=1S/C24H31N3O5/c1-4-24(2,23(28)25-15-18-26-16-7-8-17-26)32-22-10-6-5-9-21(22)31-20-13-11-19(12-14-20)27(29)30-3/h5-6,9-14H,4,7-8,15-18H2,1-3H3/p+1. The van der Waals surface area contributed by atoms with Crippen LogP contribution in [0.5, 0.6) is 17.2 Å². The first kappa shape index (κ1) is 23.5. The third-order valence-corrected chi connectivity index (χ3v) is 5.69. The zero-order chi connectivity index (χ0) is 23.0. The summed E-state index contributed by atoms with van der Waals surface area (Å²) < 4.78 is 12.2. The van der Waals surface area contributed by atoms with Gasteiger partial charge in [-0.3, -0.25) is 4.79 Å². The van der Waals surface area contributed by atoms with Gasteiger partial charge in [-0.15, -0.1) is 0 Å². The van der Waals surface area contributed by atoms with Gasteiger partial charge >= 0.3 is 5.69 Å². The summed E-state index contributed by atoms with van der Waals surface area (Å²) in [5, 5.41) is 3.02. The molecular weight excluding hydrogens is 410 g/mol. The number of likely N-dealkylation sites (tertiary alicyclic amines) is 1. The Balaban J connectivity index is 1.66. The fourth-order valence-electron chi connectivity index (χ4n) is 3.53. The molecule has 1 atom stereocenters. The first-order chi connectivity index (χ1) is 15.4. The fraction of sp³-hybridized carbons (Fsp3) is 0.458. The van der Waals surface area contributed by atoms with Crippen LogP contribution in [-0.4, -0.2) is 54.6 Å². The van der Waals surface area contributed by atoms with Crippen molar-refractivity contribution in [2.45, 2.75) is 38.7 Å². The Morgan fingerprint density at radius 3 is 2.38 bits per heavy atom. The lowest BCUT2D eigenvalue weighted by Crippen LogP contribution is -2.50. The van der Waals surface area contributed by atoms with Gasteiger partial charge < -0.3 is 19.7 Å². The molecule has 1 N–H and O–H groups in total. The van der Waals surface area contributed by atoms with Crippen LogP contribution in [0.2, 0.25) is 0 Å². The second kappa shape index (κ2) is 10.9. The molecule has 0 spiro atoms. The molecule has 2 aromatic rings. The Bertz CT molecular complexity index is 912. The summed E-state index contributed by atoms with van der Waals surface area (Å²) in [5.74, 6) is 1.34. The Hall–Kier alpha value is -3.13. The largest absolute Gasteiger partial charge is 0.474 e. The van der Waals surface area contributed by atoms with Crippen molar-refractivity contribution in [3.05, 3.63) is 53.4 Å². The number of rotatable bonds is 11. The van der Waals surface area contributed by atoms with E-state index in [1.807, 2.05) is 19.1 Å². The molecule has 8 heteroatoms. The first-order valence-corrected chi connectivity index (χ1v) is 11.0. The second-order valence-corrected chi connectivity index (χ2v) is 7.97. The number of nitrogens with zero attached hydrogens (tertiary/aromatic N) is 2. The van der Waals surface area contributed by atoms with E-state index in [2.05, 4.69) is 15.1 Å². The maximum Gasteiger partial charge on any atom is 0.317 e. The van der Waals surface area contributed by atoms with Gasteiger partial charge in [0.1, 0.15) is 5.75 Å². The zero-order valence-corrected chi connectivity index (χ0v) is 19.0. The van der Waals surface area contributed by atoms with Gasteiger partial charge in [-0.25, -0.2) is 4.84 Å². The number of benzene rings is 2. The van der Waals surface area contributed by atoms with Gasteiger partial charge in [0.25, 0.3) is 10.8 Å². The van der Waals surface area contributed by atoms with Crippen molar-refractivity contribution >= 4 is 11.6 Å². The Kier molecular flexibility index (Phi) is 8.05. The summed E-state index contributed by atoms with van der Waals surface area (Å²) in [5.41, 5.74) is -0.677. The van der Waals surface area contributed by atoms with Crippen molar-refractivity contribution < 1.29 is 24.0 Å². The van der Waals surface area contributed by atoms with E-state index in [0.29, 0.717) is 40.8 Å². The Morgan fingerprint density at radius 2 is 1.75 bits per heavy atom. The van der Waals surface area contributed by atoms with Crippen molar-refractivity contribution in [3.63, 3.8) is 0 Å². The van der Waals surface area contributed by atoms with Crippen LogP contribution in [0.15, 0.2) is 48.5 Å². The van der Waals surface area contributed by atoms with E-state index < -0.39 is 5.60 Å². The molecule has 1 unspecified atom stereocenters. The number of hydrogen-bond acceptors (Lipinski definition) is 6. The molecule has 1 heterocycles. The quantitative estimate of drug-likeness (QED) is 0.525. The van der Waals surface area contributed by atoms with E-state index in [0.717, 1.165) is 19.6 Å². The van der Waals surface area contributed by atoms with Crippen LogP contribution in [0.1, 0.15) is 33.1 Å². The van der Waals surface area contributed by atoms with Gasteiger partial charge in [-0.05, 0) is 63.5 Å². The fourth-order valence-corrected chi connectivity index (χ4v) is 3.53. The summed E-state index contributed by atoms with van der Waals surface area (Å²) in [6.45, 7) is 7.36. The minimum Gasteiger partial charge on any atom is -0.474 e. The normalized spacial score (nSPS) is 15.6. The van der Waals surface area contributed by atoms with Crippen molar-refractivity contribution in [1.82, 2.24) is 10.2 Å². The van der Waals surface area contributed by atoms with E-state index in [4.69, 9.17) is 9.47 Å². The van der Waals surface area contributed by atoms with Crippen molar-refractivity contribution in [2.24, 2.45) is 0 Å². The maximum absolute atomic E-state index is 12.9. The molecule has 172 valence electrons. The molecule has 1 aliphatic heterocycles. The predicted octanol–water partition coefficient (Wildman–Crippen LogP) is 4.21. The molecule has 1 aliphatic rings. The van der Waals surface area contributed by atoms with Crippen LogP contribution in [0.3, 0.4) is 0 Å². The number of ether oxygens (including phenoxy) is 2. The molecule has 3 rings (SSSR count). The number of nitrogens with one attached hydrogen (secondary N) is 1. The molecule has 1 fully saturated rings. The molecule has 0 aromatic heterocycles. The molecule has 0 aliphatic carbocycles. The topological polar surface area (TPSA) is 80.1 Å². The first-order valence-electron chi connectivity index (χ1n) is 11.0. The van der Waals surface area contributed by atoms with Crippen LogP contribution in [0.25, 0.3) is 0 Å². The third kappa shape index (κ3) is 5.97. The molecule has 8 nitrogen and oxygen atoms in total. The smallest absolute Gasteiger partial charge is 0.317 e. The van der Waals surface area contributed by atoms with E-state index in [9.17, 15) is 9.70 Å². The molecule has 0 saturated carbocycles. The van der Waals surface area contributed by atoms with Crippen LogP contribution in [-0.2, 0) is 9.63 Å². The van der Waals surface area contributed by atoms with Crippen molar-refractivity contribution in [3.8, 4) is 17.2 Å². The molecule has 1 saturated heterocycles. The molecule has 32 heavy (non-hydrogen) atoms. The summed E-state index contributed by atoms with van der Waals surface area (Å²) in [7, 11) is 1.30. The number of amides is 1. The third-order valence-electron chi connectivity index (χ3n) is 5.69. The molecule has 0 bridgehead atoms. The van der Waals surface area contributed by atoms with Gasteiger partial charge in [-0.2, -0.15) is 0 Å². The van der Waals surface area contributed by atoms with Crippen LogP contribution >= 0.6 is 0 Å². The Morgan fingerprint density at radius 1 is 1.09 bits per heavy atom. The summed E-state index contributed by atoms with van der Waals surface area (Å²) in [6, 6.07) is 13.7. The molecular formula is C24H32N3O5+. The highest BCUT2D eigenvalue weighted by molar-refractivity contribution is 5.85. The summed E-state index contributed by atoms with van der Waals surface area (Å²) in [4.78, 5) is 31.9. The van der Waals surface area contributed by atoms with Crippen molar-refractivity contribution in [2.75, 3.05) is 33.3 Å². The van der Waals surface area contributed by atoms with Crippen LogP contribution in [0, 0.1) is 4.91 Å². The van der Waals surface area contributed by atoms with Crippen LogP contribution in [0.4, 0.5) is 5.69 Å². The number of carbonyl (C=O) groups excluding carboxylic acids is 1. The molecule has 2 aromatic carbocycles.